The second kappa shape index (κ2) is 25.3. The molecule has 82 heavy (non-hydrogen) atoms. The molecule has 6 aromatic rings. The average molecular weight is 1180 g/mol. The molecule has 5 aromatic heterocycles. The first-order valence-electron chi connectivity index (χ1n) is 26.3. The van der Waals surface area contributed by atoms with Crippen LogP contribution < -0.4 is 31.0 Å². The summed E-state index contributed by atoms with van der Waals surface area (Å²) in [6, 6.07) is 16.1. The van der Waals surface area contributed by atoms with Gasteiger partial charge in [0.1, 0.15) is 5.75 Å². The Morgan fingerprint density at radius 1 is 0.488 bits per heavy atom. The van der Waals surface area contributed by atoms with Crippen LogP contribution in [0.2, 0.25) is 0 Å². The number of para-hydroxylation sites is 1. The predicted molar refractivity (Wildman–Crippen MR) is 317 cm³/mol. The van der Waals surface area contributed by atoms with E-state index in [0.29, 0.717) is 28.6 Å². The molecule has 452 valence electrons. The number of furan rings is 2. The van der Waals surface area contributed by atoms with Crippen molar-refractivity contribution in [2.75, 3.05) is 16.4 Å². The van der Waals surface area contributed by atoms with Gasteiger partial charge in [0, 0.05) is 55.7 Å². The van der Waals surface area contributed by atoms with Crippen LogP contribution in [0.15, 0.2) is 92.2 Å². The molecule has 0 saturated carbocycles. The maximum atomic E-state index is 12.4. The van der Waals surface area contributed by atoms with Gasteiger partial charge in [0.05, 0.1) is 57.9 Å². The van der Waals surface area contributed by atoms with E-state index in [1.54, 1.807) is 24.3 Å². The molecular weight excluding hydrogens is 1090 g/mol. The maximum Gasteiger partial charge on any atom is 0.419 e. The number of aromatic nitrogens is 6. The number of sulfonamides is 2. The number of anilines is 3. The summed E-state index contributed by atoms with van der Waals surface area (Å²) in [5.41, 5.74) is 8.23. The van der Waals surface area contributed by atoms with E-state index in [9.17, 15) is 36.6 Å². The molecule has 22 nitrogen and oxygen atoms in total. The number of ether oxygens (including phenoxy) is 1. The molecule has 0 aliphatic rings. The zero-order chi connectivity index (χ0) is 63.2. The highest BCUT2D eigenvalue weighted by molar-refractivity contribution is 7.90. The minimum absolute atomic E-state index is 0.00308. The fraction of sp³-hybridized carbons (Fsp3) is 0.517. The Balaban J connectivity index is 0.000000302. The van der Waals surface area contributed by atoms with Crippen LogP contribution in [0.1, 0.15) is 198 Å². The Kier molecular flexibility index (Phi) is 21.4. The van der Waals surface area contributed by atoms with Crippen LogP contribution in [-0.2, 0) is 63.7 Å². The summed E-state index contributed by atoms with van der Waals surface area (Å²) in [4.78, 5) is 50.7. The van der Waals surface area contributed by atoms with Crippen molar-refractivity contribution >= 4 is 50.0 Å². The van der Waals surface area contributed by atoms with Crippen molar-refractivity contribution < 1.29 is 50.2 Å². The van der Waals surface area contributed by atoms with Gasteiger partial charge in [-0.3, -0.25) is 10.6 Å². The number of aliphatic hydroxyl groups is 2. The van der Waals surface area contributed by atoms with Crippen LogP contribution in [0.25, 0.3) is 0 Å². The molecule has 0 unspecified atom stereocenters. The van der Waals surface area contributed by atoms with Crippen LogP contribution in [-0.4, -0.2) is 69.1 Å². The molecular formula is C58H87N11O11S2. The number of nitrogen functional groups attached to an aromatic ring is 1. The number of carbonyl (C=O) groups is 2. The minimum atomic E-state index is -4.29. The standard InChI is InChI=1S/C20H30N4O5S.C19H25N3O2.C12H21N3.C7H11NO4S/c1-18(2,3)13-10-14(19(4,5)6)22-16(21-13)23-17(25)24-30(27,28)15-9-12(11-29-15)20(7,8)26;1-18(2,3)14-12-15(19(4,5)6)21-16(20-14)22-17(23)24-13-10-8-7-9-11-13;1-11(2,3)8-7-9(12(4,5)6)15-10(13)14-8;1-7(2,9)5-3-6(12-4-5)13(8,10)11/h9-11,26H,1-8H3,(H2,21,22,23,24,25);7-12H,1-6H3,(H,20,21,22,23);7H,1-6H3,(H2,13,14,15);3-4,9H,1-2H3,(H2,8,10,11). The topological polar surface area (TPSA) is 344 Å². The van der Waals surface area contributed by atoms with Crippen LogP contribution in [0.3, 0.4) is 0 Å². The number of urea groups is 1. The molecule has 0 spiro atoms. The lowest BCUT2D eigenvalue weighted by Gasteiger charge is -2.24. The van der Waals surface area contributed by atoms with Gasteiger partial charge >= 0.3 is 12.1 Å². The number of nitrogens with one attached hydrogen (secondary N) is 3. The molecule has 0 atom stereocenters. The zero-order valence-electron chi connectivity index (χ0n) is 51.7. The second-order valence-corrected chi connectivity index (χ2v) is 29.9. The van der Waals surface area contributed by atoms with Crippen LogP contribution in [0, 0.1) is 0 Å². The van der Waals surface area contributed by atoms with E-state index in [2.05, 4.69) is 134 Å². The number of rotatable bonds is 8. The Morgan fingerprint density at radius 3 is 1.11 bits per heavy atom. The van der Waals surface area contributed by atoms with Crippen molar-refractivity contribution in [3.63, 3.8) is 0 Å². The third kappa shape index (κ3) is 21.8. The van der Waals surface area contributed by atoms with Gasteiger partial charge in [-0.15, -0.1) is 0 Å². The first-order chi connectivity index (χ1) is 36.8. The summed E-state index contributed by atoms with van der Waals surface area (Å²) in [6.07, 6.45) is 1.68. The van der Waals surface area contributed by atoms with Gasteiger partial charge < -0.3 is 29.5 Å². The number of amides is 3. The van der Waals surface area contributed by atoms with E-state index >= 15 is 0 Å². The highest BCUT2D eigenvalue weighted by Gasteiger charge is 2.30. The smallest absolute Gasteiger partial charge is 0.419 e. The maximum absolute atomic E-state index is 12.4. The molecule has 0 fully saturated rings. The number of nitrogens with zero attached hydrogens (tertiary/aromatic N) is 6. The second-order valence-electron chi connectivity index (χ2n) is 26.8. The molecule has 0 aliphatic heterocycles. The number of carbonyl (C=O) groups excluding carboxylic acids is 2. The number of hydrogen-bond acceptors (Lipinski definition) is 18. The number of nitrogens with two attached hydrogens (primary N) is 2. The third-order valence-corrected chi connectivity index (χ3v) is 13.5. The molecule has 5 heterocycles. The third-order valence-electron chi connectivity index (χ3n) is 11.5. The summed E-state index contributed by atoms with van der Waals surface area (Å²) in [7, 11) is -8.11. The van der Waals surface area contributed by atoms with Gasteiger partial charge in [0.15, 0.2) is 0 Å². The molecule has 1 aromatic carbocycles. The SMILES string of the molecule is CC(C)(C)c1cc(C(C)(C)C)nc(N)n1.CC(C)(C)c1cc(C(C)(C)C)nc(NC(=O)NS(=O)(=O)c2cc(C(C)(C)O)co2)n1.CC(C)(C)c1cc(C(C)(C)C)nc(NC(=O)Oc2ccccc2)n1.CC(C)(O)c1coc(S(N)(=O)=O)c1. The van der Waals surface area contributed by atoms with E-state index < -0.39 is 48.5 Å². The lowest BCUT2D eigenvalue weighted by Crippen LogP contribution is -2.35. The number of benzene rings is 1. The van der Waals surface area contributed by atoms with Crippen molar-refractivity contribution in [2.24, 2.45) is 5.14 Å². The van der Waals surface area contributed by atoms with Crippen molar-refractivity contribution in [2.45, 2.75) is 206 Å². The zero-order valence-corrected chi connectivity index (χ0v) is 53.3. The Hall–Kier alpha value is -6.86. The summed E-state index contributed by atoms with van der Waals surface area (Å²) in [5, 5.41) is 28.4. The van der Waals surface area contributed by atoms with Gasteiger partial charge in [0.2, 0.25) is 28.0 Å². The monoisotopic (exact) mass is 1180 g/mol. The van der Waals surface area contributed by atoms with Crippen LogP contribution in [0.5, 0.6) is 5.75 Å². The highest BCUT2D eigenvalue weighted by Crippen LogP contribution is 2.31. The summed E-state index contributed by atoms with van der Waals surface area (Å²) in [5.74, 6) is 1.09. The summed E-state index contributed by atoms with van der Waals surface area (Å²) >= 11 is 0. The Labute approximate surface area is 484 Å². The fourth-order valence-electron chi connectivity index (χ4n) is 6.35. The molecule has 9 N–H and O–H groups in total. The van der Waals surface area contributed by atoms with Crippen LogP contribution in [0.4, 0.5) is 27.4 Å². The van der Waals surface area contributed by atoms with Crippen molar-refractivity contribution in [3.8, 4) is 5.75 Å². The first-order valence-corrected chi connectivity index (χ1v) is 29.3. The average Bonchev–Trinajstić information content (AvgIpc) is 4.17. The molecule has 0 aliphatic carbocycles. The Bertz CT molecular complexity index is 3280. The van der Waals surface area contributed by atoms with Gasteiger partial charge in [-0.2, -0.15) is 8.42 Å². The minimum Gasteiger partial charge on any atom is -0.451 e. The largest absolute Gasteiger partial charge is 0.451 e. The van der Waals surface area contributed by atoms with E-state index in [-0.39, 0.29) is 55.0 Å². The summed E-state index contributed by atoms with van der Waals surface area (Å²) < 4.78 is 63.2. The van der Waals surface area contributed by atoms with E-state index in [1.165, 1.54) is 40.0 Å². The van der Waals surface area contributed by atoms with E-state index in [1.807, 2.05) is 64.5 Å². The first kappa shape index (κ1) is 69.4. The number of primary sulfonamides is 1. The van der Waals surface area contributed by atoms with Crippen LogP contribution >= 0.6 is 0 Å². The summed E-state index contributed by atoms with van der Waals surface area (Å²) in [6.45, 7) is 43.1. The highest BCUT2D eigenvalue weighted by atomic mass is 32.2. The van der Waals surface area contributed by atoms with E-state index in [4.69, 9.17) is 20.0 Å². The van der Waals surface area contributed by atoms with Gasteiger partial charge in [0.25, 0.3) is 20.0 Å². The molecule has 0 radical (unpaired) electrons. The Morgan fingerprint density at radius 2 is 0.805 bits per heavy atom. The van der Waals surface area contributed by atoms with Crippen molar-refractivity contribution in [1.29, 1.82) is 0 Å². The number of hydrogen-bond donors (Lipinski definition) is 7. The van der Waals surface area contributed by atoms with Crippen molar-refractivity contribution in [3.05, 3.63) is 118 Å². The van der Waals surface area contributed by atoms with E-state index in [0.717, 1.165) is 35.1 Å². The van der Waals surface area contributed by atoms with Gasteiger partial charge in [-0.1, -0.05) is 143 Å². The van der Waals surface area contributed by atoms with Gasteiger partial charge in [-0.05, 0) is 58.0 Å². The fourth-order valence-corrected chi connectivity index (χ4v) is 7.68. The lowest BCUT2D eigenvalue weighted by molar-refractivity contribution is 0.0773. The normalized spacial score (nSPS) is 12.8. The van der Waals surface area contributed by atoms with Crippen molar-refractivity contribution in [1.82, 2.24) is 34.6 Å². The predicted octanol–water partition coefficient (Wildman–Crippen LogP) is 10.9. The molecule has 0 bridgehead atoms. The molecule has 24 heteroatoms. The molecule has 6 rings (SSSR count). The lowest BCUT2D eigenvalue weighted by atomic mass is 9.86. The molecule has 0 saturated heterocycles. The molecule has 3 amide bonds. The quantitative estimate of drug-likeness (QED) is 0.0744. The van der Waals surface area contributed by atoms with Gasteiger partial charge in [-0.25, -0.2) is 57.8 Å².